The summed E-state index contributed by atoms with van der Waals surface area (Å²) in [6.07, 6.45) is 0. The number of pyridine rings is 1. The SMILES string of the molecule is CCOC(=O)c1c(C)nc2sc3c(=O)[nH]c(CN4CCOCC4)nc3c2c1-c1ccc(Cl)cc1. The third-order valence-electron chi connectivity index (χ3n) is 5.80. The molecule has 1 aromatic carbocycles. The standard InChI is InChI=1S/C24H23ClN4O4S/c1-3-33-24(31)17-13(2)26-23-19(18(17)14-4-6-15(25)7-5-14)20-21(34-23)22(30)28-16(27-20)12-29-8-10-32-11-9-29/h4-7H,3,8-12H2,1-2H3,(H,27,28,30). The quantitative estimate of drug-likeness (QED) is 0.412. The van der Waals surface area contributed by atoms with Crippen LogP contribution < -0.4 is 5.56 Å². The van der Waals surface area contributed by atoms with Gasteiger partial charge in [-0.3, -0.25) is 9.69 Å². The van der Waals surface area contributed by atoms with Gasteiger partial charge in [0.15, 0.2) is 0 Å². The Kier molecular flexibility index (Phi) is 6.35. The monoisotopic (exact) mass is 498 g/mol. The molecule has 0 amide bonds. The van der Waals surface area contributed by atoms with E-state index < -0.39 is 5.97 Å². The molecule has 10 heteroatoms. The van der Waals surface area contributed by atoms with Crippen molar-refractivity contribution in [2.45, 2.75) is 20.4 Å². The highest BCUT2D eigenvalue weighted by molar-refractivity contribution is 7.25. The largest absolute Gasteiger partial charge is 0.462 e. The number of nitrogens with zero attached hydrogens (tertiary/aromatic N) is 3. The number of aryl methyl sites for hydroxylation is 1. The lowest BCUT2D eigenvalue weighted by Crippen LogP contribution is -2.36. The predicted molar refractivity (Wildman–Crippen MR) is 133 cm³/mol. The van der Waals surface area contributed by atoms with Crippen LogP contribution in [0.3, 0.4) is 0 Å². The Labute approximate surface area is 204 Å². The van der Waals surface area contributed by atoms with Crippen LogP contribution in [0.2, 0.25) is 5.02 Å². The van der Waals surface area contributed by atoms with Crippen molar-refractivity contribution in [2.75, 3.05) is 32.9 Å². The van der Waals surface area contributed by atoms with Crippen LogP contribution in [0.25, 0.3) is 31.6 Å². The van der Waals surface area contributed by atoms with E-state index in [0.29, 0.717) is 67.9 Å². The van der Waals surface area contributed by atoms with Gasteiger partial charge in [-0.1, -0.05) is 23.7 Å². The molecular weight excluding hydrogens is 476 g/mol. The summed E-state index contributed by atoms with van der Waals surface area (Å²) < 4.78 is 11.3. The van der Waals surface area contributed by atoms with Gasteiger partial charge in [-0.15, -0.1) is 11.3 Å². The summed E-state index contributed by atoms with van der Waals surface area (Å²) in [5.74, 6) is 0.108. The molecule has 0 atom stereocenters. The van der Waals surface area contributed by atoms with Crippen LogP contribution in [-0.4, -0.2) is 58.7 Å². The zero-order valence-corrected chi connectivity index (χ0v) is 20.4. The van der Waals surface area contributed by atoms with Gasteiger partial charge in [-0.05, 0) is 31.5 Å². The number of carbonyl (C=O) groups excluding carboxylic acids is 1. The van der Waals surface area contributed by atoms with Gasteiger partial charge in [0.2, 0.25) is 0 Å². The number of ether oxygens (including phenoxy) is 2. The Morgan fingerprint density at radius 2 is 1.97 bits per heavy atom. The summed E-state index contributed by atoms with van der Waals surface area (Å²) in [5, 5.41) is 1.26. The molecule has 0 radical (unpaired) electrons. The summed E-state index contributed by atoms with van der Waals surface area (Å²) in [4.78, 5) is 41.4. The minimum absolute atomic E-state index is 0.214. The molecule has 0 aliphatic carbocycles. The number of fused-ring (bicyclic) bond motifs is 3. The molecule has 0 unspecified atom stereocenters. The average molecular weight is 499 g/mol. The Balaban J connectivity index is 1.79. The molecule has 4 aromatic rings. The highest BCUT2D eigenvalue weighted by Crippen LogP contribution is 2.40. The van der Waals surface area contributed by atoms with Crippen molar-refractivity contribution in [1.82, 2.24) is 19.9 Å². The van der Waals surface area contributed by atoms with Crippen LogP contribution in [0.4, 0.5) is 0 Å². The molecule has 0 bridgehead atoms. The maximum absolute atomic E-state index is 13.0. The van der Waals surface area contributed by atoms with Crippen molar-refractivity contribution in [2.24, 2.45) is 0 Å². The summed E-state index contributed by atoms with van der Waals surface area (Å²) in [6, 6.07) is 7.24. The van der Waals surface area contributed by atoms with Crippen molar-refractivity contribution >= 4 is 49.3 Å². The lowest BCUT2D eigenvalue weighted by molar-refractivity contribution is 0.0331. The number of benzene rings is 1. The van der Waals surface area contributed by atoms with Crippen LogP contribution in [0.15, 0.2) is 29.1 Å². The van der Waals surface area contributed by atoms with E-state index in [1.807, 2.05) is 12.1 Å². The number of aromatic nitrogens is 3. The Hall–Kier alpha value is -2.85. The molecule has 5 rings (SSSR count). The molecule has 3 aromatic heterocycles. The molecule has 8 nitrogen and oxygen atoms in total. The predicted octanol–water partition coefficient (Wildman–Crippen LogP) is 4.17. The number of nitrogens with one attached hydrogen (secondary N) is 1. The van der Waals surface area contributed by atoms with Gasteiger partial charge in [0, 0.05) is 29.1 Å². The third kappa shape index (κ3) is 4.20. The lowest BCUT2D eigenvalue weighted by Gasteiger charge is -2.25. The second-order valence-corrected chi connectivity index (χ2v) is 9.47. The second kappa shape index (κ2) is 9.42. The van der Waals surface area contributed by atoms with Crippen molar-refractivity contribution < 1.29 is 14.3 Å². The number of H-pyrrole nitrogens is 1. The molecule has 34 heavy (non-hydrogen) atoms. The number of rotatable bonds is 5. The summed E-state index contributed by atoms with van der Waals surface area (Å²) in [7, 11) is 0. The first-order chi connectivity index (χ1) is 16.5. The number of esters is 1. The Morgan fingerprint density at radius 3 is 2.68 bits per heavy atom. The first kappa shape index (κ1) is 22.9. The fourth-order valence-electron chi connectivity index (χ4n) is 4.24. The lowest BCUT2D eigenvalue weighted by atomic mass is 9.95. The van der Waals surface area contributed by atoms with E-state index in [-0.39, 0.29) is 12.2 Å². The molecule has 0 spiro atoms. The summed E-state index contributed by atoms with van der Waals surface area (Å²) >= 11 is 7.41. The first-order valence-corrected chi connectivity index (χ1v) is 12.2. The van der Waals surface area contributed by atoms with Crippen LogP contribution in [0, 0.1) is 6.92 Å². The van der Waals surface area contributed by atoms with Gasteiger partial charge >= 0.3 is 5.97 Å². The van der Waals surface area contributed by atoms with Crippen LogP contribution in [-0.2, 0) is 16.0 Å². The zero-order chi connectivity index (χ0) is 23.8. The number of aromatic amines is 1. The maximum atomic E-state index is 13.0. The van der Waals surface area contributed by atoms with Crippen molar-refractivity contribution in [3.8, 4) is 11.1 Å². The molecule has 1 saturated heterocycles. The van der Waals surface area contributed by atoms with E-state index in [9.17, 15) is 9.59 Å². The molecule has 0 saturated carbocycles. The number of hydrogen-bond donors (Lipinski definition) is 1. The van der Waals surface area contributed by atoms with E-state index in [2.05, 4.69) is 14.9 Å². The van der Waals surface area contributed by atoms with Gasteiger partial charge in [0.1, 0.15) is 15.4 Å². The molecule has 1 aliphatic rings. The van der Waals surface area contributed by atoms with Crippen LogP contribution >= 0.6 is 22.9 Å². The van der Waals surface area contributed by atoms with E-state index >= 15 is 0 Å². The van der Waals surface area contributed by atoms with Crippen molar-refractivity contribution in [1.29, 1.82) is 0 Å². The molecular formula is C24H23ClN4O4S. The van der Waals surface area contributed by atoms with Crippen LogP contribution in [0.1, 0.15) is 28.8 Å². The van der Waals surface area contributed by atoms with Crippen molar-refractivity contribution in [3.63, 3.8) is 0 Å². The normalized spacial score (nSPS) is 14.7. The first-order valence-electron chi connectivity index (χ1n) is 11.1. The topological polar surface area (TPSA) is 97.4 Å². The number of halogens is 1. The van der Waals surface area contributed by atoms with Gasteiger partial charge in [0.05, 0.1) is 43.1 Å². The minimum atomic E-state index is -0.461. The Bertz CT molecular complexity index is 1440. The third-order valence-corrected chi connectivity index (χ3v) is 7.12. The number of hydrogen-bond acceptors (Lipinski definition) is 8. The van der Waals surface area contributed by atoms with E-state index in [0.717, 1.165) is 18.7 Å². The average Bonchev–Trinajstić information content (AvgIpc) is 3.18. The summed E-state index contributed by atoms with van der Waals surface area (Å²) in [6.45, 7) is 7.14. The molecule has 4 heterocycles. The van der Waals surface area contributed by atoms with Crippen LogP contribution in [0.5, 0.6) is 0 Å². The minimum Gasteiger partial charge on any atom is -0.462 e. The van der Waals surface area contributed by atoms with E-state index in [1.54, 1.807) is 26.0 Å². The molecule has 1 aliphatic heterocycles. The molecule has 1 N–H and O–H groups in total. The number of morpholine rings is 1. The van der Waals surface area contributed by atoms with E-state index in [1.165, 1.54) is 11.3 Å². The van der Waals surface area contributed by atoms with Crippen molar-refractivity contribution in [3.05, 3.63) is 56.7 Å². The fraction of sp³-hybridized carbons (Fsp3) is 0.333. The van der Waals surface area contributed by atoms with E-state index in [4.69, 9.17) is 26.1 Å². The number of thiophene rings is 1. The number of carbonyl (C=O) groups is 1. The Morgan fingerprint density at radius 1 is 1.24 bits per heavy atom. The van der Waals surface area contributed by atoms with Gasteiger partial charge in [0.25, 0.3) is 5.56 Å². The fourth-order valence-corrected chi connectivity index (χ4v) is 5.44. The van der Waals surface area contributed by atoms with Gasteiger partial charge in [-0.2, -0.15) is 0 Å². The summed E-state index contributed by atoms with van der Waals surface area (Å²) in [5.41, 5.74) is 2.66. The van der Waals surface area contributed by atoms with Gasteiger partial charge < -0.3 is 14.5 Å². The molecule has 1 fully saturated rings. The van der Waals surface area contributed by atoms with Gasteiger partial charge in [-0.25, -0.2) is 14.8 Å². The highest BCUT2D eigenvalue weighted by Gasteiger charge is 2.26. The smallest absolute Gasteiger partial charge is 0.340 e. The zero-order valence-electron chi connectivity index (χ0n) is 18.8. The maximum Gasteiger partial charge on any atom is 0.340 e. The molecule has 176 valence electrons. The highest BCUT2D eigenvalue weighted by atomic mass is 35.5. The second-order valence-electron chi connectivity index (χ2n) is 8.04.